The summed E-state index contributed by atoms with van der Waals surface area (Å²) < 4.78 is 53.8. The Bertz CT molecular complexity index is 1570. The Balaban J connectivity index is 1.73. The monoisotopic (exact) mass is 637 g/mol. The van der Waals surface area contributed by atoms with E-state index in [1.807, 2.05) is 0 Å². The quantitative estimate of drug-likeness (QED) is 0.334. The van der Waals surface area contributed by atoms with Gasteiger partial charge in [0.25, 0.3) is 10.0 Å². The van der Waals surface area contributed by atoms with Crippen molar-refractivity contribution in [3.63, 3.8) is 0 Å². The number of sulfonamides is 1. The molecule has 0 saturated heterocycles. The fourth-order valence-corrected chi connectivity index (χ4v) is 6.02. The van der Waals surface area contributed by atoms with Crippen LogP contribution in [0.25, 0.3) is 0 Å². The largest absolute Gasteiger partial charge is 0.486 e. The number of ether oxygens (including phenoxy) is 2. The van der Waals surface area contributed by atoms with E-state index in [1.165, 1.54) is 35.2 Å². The number of fused-ring (bicyclic) bond motifs is 1. The SMILES string of the molecule is CC(C)NC(=O)C(C)N(Cc1ccc(Cl)c(Cl)c1)C(=O)CN(c1ccc(F)cc1)S(=O)(=O)c1ccc2c(c1)OCCO2. The number of carbonyl (C=O) groups excluding carboxylic acids is 2. The minimum Gasteiger partial charge on any atom is -0.486 e. The molecule has 9 nitrogen and oxygen atoms in total. The molecule has 1 unspecified atom stereocenters. The lowest BCUT2D eigenvalue weighted by Crippen LogP contribution is -2.52. The molecule has 1 N–H and O–H groups in total. The average molecular weight is 639 g/mol. The Kier molecular flexibility index (Phi) is 9.85. The van der Waals surface area contributed by atoms with E-state index < -0.39 is 40.2 Å². The Morgan fingerprint density at radius 3 is 2.24 bits per heavy atom. The third-order valence-corrected chi connectivity index (χ3v) is 8.94. The van der Waals surface area contributed by atoms with E-state index in [4.69, 9.17) is 32.7 Å². The Labute approximate surface area is 254 Å². The molecule has 0 aliphatic carbocycles. The Hall–Kier alpha value is -3.54. The van der Waals surface area contributed by atoms with Gasteiger partial charge in [0.2, 0.25) is 11.8 Å². The van der Waals surface area contributed by atoms with Gasteiger partial charge in [-0.1, -0.05) is 29.3 Å². The molecule has 1 aliphatic heterocycles. The minimum absolute atomic E-state index is 0.0495. The van der Waals surface area contributed by atoms with Crippen molar-refractivity contribution in [1.82, 2.24) is 10.2 Å². The first-order valence-corrected chi connectivity index (χ1v) is 15.3. The number of anilines is 1. The van der Waals surface area contributed by atoms with Gasteiger partial charge >= 0.3 is 0 Å². The van der Waals surface area contributed by atoms with Crippen molar-refractivity contribution in [2.45, 2.75) is 44.3 Å². The normalized spacial score (nSPS) is 13.4. The molecule has 0 bridgehead atoms. The van der Waals surface area contributed by atoms with Gasteiger partial charge in [-0.25, -0.2) is 12.8 Å². The lowest BCUT2D eigenvalue weighted by Gasteiger charge is -2.32. The number of nitrogens with zero attached hydrogens (tertiary/aromatic N) is 2. The molecule has 224 valence electrons. The second kappa shape index (κ2) is 13.2. The van der Waals surface area contributed by atoms with Crippen LogP contribution < -0.4 is 19.1 Å². The number of halogens is 3. The van der Waals surface area contributed by atoms with Gasteiger partial charge in [0.1, 0.15) is 31.6 Å². The van der Waals surface area contributed by atoms with Crippen molar-refractivity contribution in [3.8, 4) is 11.5 Å². The first-order chi connectivity index (χ1) is 19.9. The molecule has 0 saturated carbocycles. The number of amides is 2. The van der Waals surface area contributed by atoms with Gasteiger partial charge in [-0.15, -0.1) is 0 Å². The van der Waals surface area contributed by atoms with Gasteiger partial charge in [-0.2, -0.15) is 0 Å². The van der Waals surface area contributed by atoms with Crippen molar-refractivity contribution < 1.29 is 31.9 Å². The standard InChI is InChI=1S/C29H30Cl2FN3O6S/c1-18(2)33-29(37)19(3)34(16-20-4-10-24(30)25(31)14-20)28(36)17-35(22-7-5-21(32)6-8-22)42(38,39)23-9-11-26-27(15-23)41-13-12-40-26/h4-11,14-15,18-19H,12-13,16-17H2,1-3H3,(H,33,37). The second-order valence-electron chi connectivity index (χ2n) is 9.90. The fraction of sp³-hybridized carbons (Fsp3) is 0.310. The summed E-state index contributed by atoms with van der Waals surface area (Å²) in [6.07, 6.45) is 0. The molecule has 1 heterocycles. The number of hydrogen-bond acceptors (Lipinski definition) is 6. The predicted octanol–water partition coefficient (Wildman–Crippen LogP) is 5.04. The van der Waals surface area contributed by atoms with Crippen molar-refractivity contribution in [2.24, 2.45) is 0 Å². The molecule has 0 fully saturated rings. The maximum Gasteiger partial charge on any atom is 0.264 e. The summed E-state index contributed by atoms with van der Waals surface area (Å²) in [7, 11) is -4.39. The molecular formula is C29H30Cl2FN3O6S. The van der Waals surface area contributed by atoms with E-state index in [2.05, 4.69) is 5.32 Å². The number of benzene rings is 3. The van der Waals surface area contributed by atoms with E-state index in [9.17, 15) is 22.4 Å². The highest BCUT2D eigenvalue weighted by Gasteiger charge is 2.33. The van der Waals surface area contributed by atoms with Crippen LogP contribution in [0.4, 0.5) is 10.1 Å². The van der Waals surface area contributed by atoms with Crippen LogP contribution in [0.5, 0.6) is 11.5 Å². The van der Waals surface area contributed by atoms with E-state index in [1.54, 1.807) is 39.0 Å². The molecule has 1 aliphatic rings. The lowest BCUT2D eigenvalue weighted by molar-refractivity contribution is -0.139. The molecule has 3 aromatic rings. The van der Waals surface area contributed by atoms with Crippen LogP contribution in [0, 0.1) is 5.82 Å². The molecule has 13 heteroatoms. The van der Waals surface area contributed by atoms with Gasteiger partial charge in [-0.3, -0.25) is 13.9 Å². The van der Waals surface area contributed by atoms with Crippen LogP contribution in [-0.4, -0.2) is 57.0 Å². The second-order valence-corrected chi connectivity index (χ2v) is 12.6. The highest BCUT2D eigenvalue weighted by atomic mass is 35.5. The topological polar surface area (TPSA) is 105 Å². The summed E-state index contributed by atoms with van der Waals surface area (Å²) in [5, 5.41) is 3.36. The van der Waals surface area contributed by atoms with E-state index >= 15 is 0 Å². The zero-order valence-electron chi connectivity index (χ0n) is 23.1. The zero-order chi connectivity index (χ0) is 30.6. The summed E-state index contributed by atoms with van der Waals surface area (Å²) >= 11 is 12.2. The van der Waals surface area contributed by atoms with Crippen molar-refractivity contribution in [1.29, 1.82) is 0 Å². The summed E-state index contributed by atoms with van der Waals surface area (Å²) in [5.41, 5.74) is 0.624. The molecule has 1 atom stereocenters. The molecular weight excluding hydrogens is 608 g/mol. The van der Waals surface area contributed by atoms with Crippen LogP contribution in [0.2, 0.25) is 10.0 Å². The lowest BCUT2D eigenvalue weighted by atomic mass is 10.1. The van der Waals surface area contributed by atoms with Gasteiger partial charge in [0.15, 0.2) is 11.5 Å². The van der Waals surface area contributed by atoms with Crippen molar-refractivity contribution >= 4 is 50.7 Å². The maximum atomic E-state index is 14.0. The number of rotatable bonds is 10. The average Bonchev–Trinajstić information content (AvgIpc) is 2.95. The number of nitrogens with one attached hydrogen (secondary N) is 1. The number of hydrogen-bond donors (Lipinski definition) is 1. The number of carbonyl (C=O) groups is 2. The maximum absolute atomic E-state index is 14.0. The summed E-state index contributed by atoms with van der Waals surface area (Å²) in [4.78, 5) is 28.1. The molecule has 0 spiro atoms. The van der Waals surface area contributed by atoms with Crippen LogP contribution >= 0.6 is 23.2 Å². The molecule has 2 amide bonds. The highest BCUT2D eigenvalue weighted by molar-refractivity contribution is 7.92. The van der Waals surface area contributed by atoms with Crippen LogP contribution in [0.3, 0.4) is 0 Å². The van der Waals surface area contributed by atoms with Crippen LogP contribution in [0.15, 0.2) is 65.6 Å². The predicted molar refractivity (Wildman–Crippen MR) is 158 cm³/mol. The molecule has 0 radical (unpaired) electrons. The zero-order valence-corrected chi connectivity index (χ0v) is 25.5. The van der Waals surface area contributed by atoms with Gasteiger partial charge in [0.05, 0.1) is 20.6 Å². The smallest absolute Gasteiger partial charge is 0.264 e. The van der Waals surface area contributed by atoms with E-state index in [0.29, 0.717) is 22.9 Å². The first kappa shape index (κ1) is 31.4. The van der Waals surface area contributed by atoms with Crippen LogP contribution in [-0.2, 0) is 26.2 Å². The molecule has 3 aromatic carbocycles. The van der Waals surface area contributed by atoms with Crippen molar-refractivity contribution in [2.75, 3.05) is 24.1 Å². The van der Waals surface area contributed by atoms with Crippen molar-refractivity contribution in [3.05, 3.63) is 82.1 Å². The Morgan fingerprint density at radius 1 is 0.929 bits per heavy atom. The molecule has 4 rings (SSSR count). The van der Waals surface area contributed by atoms with Gasteiger partial charge in [-0.05, 0) is 74.9 Å². The summed E-state index contributed by atoms with van der Waals surface area (Å²) in [6, 6.07) is 12.5. The minimum atomic E-state index is -4.39. The Morgan fingerprint density at radius 2 is 1.60 bits per heavy atom. The third-order valence-electron chi connectivity index (χ3n) is 6.43. The molecule has 0 aromatic heterocycles. The van der Waals surface area contributed by atoms with Gasteiger partial charge < -0.3 is 19.7 Å². The van der Waals surface area contributed by atoms with E-state index in [0.717, 1.165) is 16.4 Å². The van der Waals surface area contributed by atoms with Gasteiger partial charge in [0, 0.05) is 18.7 Å². The fourth-order valence-electron chi connectivity index (χ4n) is 4.27. The highest BCUT2D eigenvalue weighted by Crippen LogP contribution is 2.34. The summed E-state index contributed by atoms with van der Waals surface area (Å²) in [6.45, 7) is 4.93. The molecule has 42 heavy (non-hydrogen) atoms. The van der Waals surface area contributed by atoms with E-state index in [-0.39, 0.29) is 40.5 Å². The van der Waals surface area contributed by atoms with Crippen LogP contribution in [0.1, 0.15) is 26.3 Å². The summed E-state index contributed by atoms with van der Waals surface area (Å²) in [5.74, 6) is -1.06. The first-order valence-electron chi connectivity index (χ1n) is 13.1. The third kappa shape index (κ3) is 7.26.